The normalized spacial score (nSPS) is 24.5. The first-order chi connectivity index (χ1) is 13.7. The molecule has 1 fully saturated rings. The van der Waals surface area contributed by atoms with Crippen molar-refractivity contribution >= 4 is 11.8 Å². The monoisotopic (exact) mass is 385 g/mol. The summed E-state index contributed by atoms with van der Waals surface area (Å²) in [4.78, 5) is 27.3. The molecule has 0 bridgehead atoms. The topological polar surface area (TPSA) is 79.9 Å². The fourth-order valence-electron chi connectivity index (χ4n) is 4.26. The van der Waals surface area contributed by atoms with E-state index in [0.29, 0.717) is 17.9 Å². The molecule has 2 N–H and O–H groups in total. The van der Waals surface area contributed by atoms with Crippen LogP contribution in [0.5, 0.6) is 5.75 Å². The molecule has 1 saturated heterocycles. The largest absolute Gasteiger partial charge is 0.497 e. The molecule has 0 unspecified atom stereocenters. The average Bonchev–Trinajstić information content (AvgIpc) is 3.34. The molecule has 2 heterocycles. The van der Waals surface area contributed by atoms with Crippen LogP contribution in [0.2, 0.25) is 0 Å². The van der Waals surface area contributed by atoms with Crippen molar-refractivity contribution in [2.75, 3.05) is 20.3 Å². The van der Waals surface area contributed by atoms with Crippen molar-refractivity contribution in [3.05, 3.63) is 41.0 Å². The zero-order chi connectivity index (χ0) is 19.5. The summed E-state index contributed by atoms with van der Waals surface area (Å²) in [5.74, 6) is 0.545. The number of benzene rings is 1. The van der Waals surface area contributed by atoms with Gasteiger partial charge in [0, 0.05) is 24.3 Å². The Hall–Kier alpha value is -2.38. The first kappa shape index (κ1) is 19.0. The van der Waals surface area contributed by atoms with Gasteiger partial charge in [0.15, 0.2) is 0 Å². The Morgan fingerprint density at radius 2 is 2.00 bits per heavy atom. The fourth-order valence-corrected chi connectivity index (χ4v) is 4.26. The number of nitrogens with zero attached hydrogens (tertiary/aromatic N) is 1. The van der Waals surface area contributed by atoms with E-state index in [-0.39, 0.29) is 24.1 Å². The highest BCUT2D eigenvalue weighted by molar-refractivity contribution is 5.98. The van der Waals surface area contributed by atoms with Gasteiger partial charge in [0.05, 0.1) is 13.2 Å². The van der Waals surface area contributed by atoms with Crippen molar-refractivity contribution in [2.45, 2.75) is 50.8 Å². The second kappa shape index (κ2) is 8.32. The summed E-state index contributed by atoms with van der Waals surface area (Å²) in [6.45, 7) is 1.31. The minimum atomic E-state index is -0.297. The number of ether oxygens (including phenoxy) is 2. The lowest BCUT2D eigenvalue weighted by Gasteiger charge is -2.30. The minimum absolute atomic E-state index is 0.0758. The number of hydrogen-bond acceptors (Lipinski definition) is 5. The van der Waals surface area contributed by atoms with Gasteiger partial charge in [0.1, 0.15) is 11.9 Å². The molecule has 2 atom stereocenters. The van der Waals surface area contributed by atoms with Crippen LogP contribution in [0.1, 0.15) is 48.9 Å². The summed E-state index contributed by atoms with van der Waals surface area (Å²) < 4.78 is 10.9. The lowest BCUT2D eigenvalue weighted by Crippen LogP contribution is -2.54. The zero-order valence-electron chi connectivity index (χ0n) is 16.2. The van der Waals surface area contributed by atoms with Gasteiger partial charge < -0.3 is 14.4 Å². The molecule has 7 heteroatoms. The van der Waals surface area contributed by atoms with E-state index >= 15 is 0 Å². The third-order valence-corrected chi connectivity index (χ3v) is 5.77. The number of methoxy groups -OCH3 is 1. The molecule has 1 aromatic carbocycles. The number of nitrogens with one attached hydrogen (secondary N) is 2. The van der Waals surface area contributed by atoms with E-state index in [0.717, 1.165) is 56.3 Å². The van der Waals surface area contributed by atoms with E-state index in [2.05, 4.69) is 10.9 Å². The van der Waals surface area contributed by atoms with E-state index in [1.165, 1.54) is 0 Å². The molecular weight excluding hydrogens is 358 g/mol. The second-order valence-electron chi connectivity index (χ2n) is 7.53. The predicted octanol–water partition coefficient (Wildman–Crippen LogP) is 2.15. The molecule has 2 aliphatic heterocycles. The van der Waals surface area contributed by atoms with Gasteiger partial charge in [-0.2, -0.15) is 0 Å². The minimum Gasteiger partial charge on any atom is -0.497 e. The van der Waals surface area contributed by atoms with Gasteiger partial charge in [-0.25, -0.2) is 5.43 Å². The van der Waals surface area contributed by atoms with Gasteiger partial charge in [0.25, 0.3) is 11.8 Å². The smallest absolute Gasteiger partial charge is 0.265 e. The number of hydrazine groups is 1. The summed E-state index contributed by atoms with van der Waals surface area (Å²) in [6, 6.07) is 6.93. The van der Waals surface area contributed by atoms with Gasteiger partial charge in [-0.3, -0.25) is 15.0 Å². The maximum atomic E-state index is 13.0. The SMILES string of the molecule is COc1ccc(C(=O)NN[C@H]2C3=C(CCCC3)C(=O)N2C[C@H]2CCCO2)cc1. The van der Waals surface area contributed by atoms with Gasteiger partial charge in [0.2, 0.25) is 0 Å². The molecule has 2 amide bonds. The van der Waals surface area contributed by atoms with Gasteiger partial charge in [-0.05, 0) is 68.4 Å². The van der Waals surface area contributed by atoms with Crippen LogP contribution < -0.4 is 15.6 Å². The van der Waals surface area contributed by atoms with Crippen LogP contribution in [0.25, 0.3) is 0 Å². The highest BCUT2D eigenvalue weighted by atomic mass is 16.5. The molecule has 0 spiro atoms. The number of rotatable bonds is 6. The standard InChI is InChI=1S/C21H27N3O4/c1-27-15-10-8-14(9-11-15)20(25)23-22-19-17-6-2-3-7-18(17)21(26)24(19)13-16-5-4-12-28-16/h8-11,16,19,22H,2-7,12-13H2,1H3,(H,23,25)/t16-,19-/m1/s1. The molecule has 0 aromatic heterocycles. The first-order valence-corrected chi connectivity index (χ1v) is 10.0. The Morgan fingerprint density at radius 3 is 2.71 bits per heavy atom. The van der Waals surface area contributed by atoms with Crippen molar-refractivity contribution < 1.29 is 19.1 Å². The molecule has 150 valence electrons. The quantitative estimate of drug-likeness (QED) is 0.734. The van der Waals surface area contributed by atoms with Crippen LogP contribution in [0, 0.1) is 0 Å². The lowest BCUT2D eigenvalue weighted by molar-refractivity contribution is -0.129. The third kappa shape index (κ3) is 3.77. The van der Waals surface area contributed by atoms with E-state index in [1.54, 1.807) is 31.4 Å². The number of carbonyl (C=O) groups excluding carboxylic acids is 2. The van der Waals surface area contributed by atoms with Crippen molar-refractivity contribution in [1.29, 1.82) is 0 Å². The number of hydrogen-bond donors (Lipinski definition) is 2. The second-order valence-corrected chi connectivity index (χ2v) is 7.53. The van der Waals surface area contributed by atoms with E-state index in [4.69, 9.17) is 9.47 Å². The number of amides is 2. The molecule has 0 saturated carbocycles. The van der Waals surface area contributed by atoms with Crippen LogP contribution in [-0.2, 0) is 9.53 Å². The first-order valence-electron chi connectivity index (χ1n) is 10.0. The summed E-state index contributed by atoms with van der Waals surface area (Å²) >= 11 is 0. The summed E-state index contributed by atoms with van der Waals surface area (Å²) in [5.41, 5.74) is 8.47. The van der Waals surface area contributed by atoms with Crippen LogP contribution in [0.3, 0.4) is 0 Å². The van der Waals surface area contributed by atoms with E-state index in [9.17, 15) is 9.59 Å². The van der Waals surface area contributed by atoms with Crippen molar-refractivity contribution in [3.63, 3.8) is 0 Å². The van der Waals surface area contributed by atoms with Crippen molar-refractivity contribution in [2.24, 2.45) is 0 Å². The van der Waals surface area contributed by atoms with Crippen molar-refractivity contribution in [1.82, 2.24) is 15.8 Å². The molecule has 0 radical (unpaired) electrons. The van der Waals surface area contributed by atoms with Gasteiger partial charge >= 0.3 is 0 Å². The van der Waals surface area contributed by atoms with Gasteiger partial charge in [-0.1, -0.05) is 0 Å². The van der Waals surface area contributed by atoms with Crippen LogP contribution in [0.4, 0.5) is 0 Å². The Bertz CT molecular complexity index is 768. The third-order valence-electron chi connectivity index (χ3n) is 5.77. The fraction of sp³-hybridized carbons (Fsp3) is 0.524. The Kier molecular flexibility index (Phi) is 5.64. The van der Waals surface area contributed by atoms with E-state index < -0.39 is 0 Å². The molecule has 28 heavy (non-hydrogen) atoms. The maximum absolute atomic E-state index is 13.0. The number of carbonyl (C=O) groups is 2. The lowest BCUT2D eigenvalue weighted by atomic mass is 9.92. The summed E-state index contributed by atoms with van der Waals surface area (Å²) in [5, 5.41) is 0. The zero-order valence-corrected chi connectivity index (χ0v) is 16.2. The van der Waals surface area contributed by atoms with Crippen LogP contribution in [-0.4, -0.2) is 49.2 Å². The molecule has 1 aliphatic carbocycles. The summed E-state index contributed by atoms with van der Waals surface area (Å²) in [7, 11) is 1.59. The highest BCUT2D eigenvalue weighted by Crippen LogP contribution is 2.36. The molecule has 4 rings (SSSR count). The van der Waals surface area contributed by atoms with Crippen LogP contribution in [0.15, 0.2) is 35.4 Å². The van der Waals surface area contributed by atoms with Crippen molar-refractivity contribution in [3.8, 4) is 5.75 Å². The highest BCUT2D eigenvalue weighted by Gasteiger charge is 2.41. The molecule has 7 nitrogen and oxygen atoms in total. The van der Waals surface area contributed by atoms with Crippen LogP contribution >= 0.6 is 0 Å². The molecular formula is C21H27N3O4. The Balaban J connectivity index is 1.46. The Labute approximate surface area is 165 Å². The average molecular weight is 385 g/mol. The van der Waals surface area contributed by atoms with Gasteiger partial charge in [-0.15, -0.1) is 0 Å². The molecule has 1 aromatic rings. The summed E-state index contributed by atoms with van der Waals surface area (Å²) in [6.07, 6.45) is 5.61. The maximum Gasteiger partial charge on any atom is 0.265 e. The molecule has 3 aliphatic rings. The predicted molar refractivity (Wildman–Crippen MR) is 104 cm³/mol. The van der Waals surface area contributed by atoms with E-state index in [1.807, 2.05) is 4.90 Å². The Morgan fingerprint density at radius 1 is 1.21 bits per heavy atom.